The lowest BCUT2D eigenvalue weighted by atomic mass is 9.91. The molecular weight excluding hydrogens is 276 g/mol. The maximum absolute atomic E-state index is 12.9. The minimum Gasteiger partial charge on any atom is -0.493 e. The first-order valence-electron chi connectivity index (χ1n) is 5.39. The molecule has 104 valence electrons. The van der Waals surface area contributed by atoms with Gasteiger partial charge in [-0.25, -0.2) is 4.79 Å². The molecule has 1 atom stereocenters. The molecule has 1 unspecified atom stereocenters. The van der Waals surface area contributed by atoms with Crippen molar-refractivity contribution in [1.82, 2.24) is 0 Å². The summed E-state index contributed by atoms with van der Waals surface area (Å²) in [6.07, 6.45) is -6.52. The number of carbonyl (C=O) groups is 1. The van der Waals surface area contributed by atoms with Crippen molar-refractivity contribution in [3.63, 3.8) is 0 Å². The molecule has 1 N–H and O–H groups in total. The van der Waals surface area contributed by atoms with Crippen LogP contribution in [0.2, 0.25) is 0 Å². The van der Waals surface area contributed by atoms with E-state index in [-0.39, 0.29) is 22.5 Å². The Labute approximate surface area is 113 Å². The Morgan fingerprint density at radius 1 is 1.45 bits per heavy atom. The number of aliphatic carboxylic acids is 1. The highest BCUT2D eigenvalue weighted by Crippen LogP contribution is 2.41. The van der Waals surface area contributed by atoms with E-state index in [4.69, 9.17) is 22.4 Å². The maximum Gasteiger partial charge on any atom is 0.430 e. The Balaban J connectivity index is 2.62. The van der Waals surface area contributed by atoms with Crippen LogP contribution >= 0.6 is 0 Å². The number of carboxylic acids is 1. The van der Waals surface area contributed by atoms with Crippen LogP contribution in [0.5, 0.6) is 11.5 Å². The number of carboxylic acid groups (broad SMARTS) is 1. The number of ether oxygens (including phenoxy) is 2. The molecule has 2 radical (unpaired) electrons. The summed E-state index contributed by atoms with van der Waals surface area (Å²) in [6, 6.07) is 2.61. The van der Waals surface area contributed by atoms with Crippen molar-refractivity contribution in [2.45, 2.75) is 12.3 Å². The van der Waals surface area contributed by atoms with Crippen molar-refractivity contribution in [1.29, 1.82) is 0 Å². The summed E-state index contributed by atoms with van der Waals surface area (Å²) in [6.45, 7) is 0. The van der Waals surface area contributed by atoms with Gasteiger partial charge in [0.15, 0.2) is 11.5 Å². The van der Waals surface area contributed by atoms with Crippen molar-refractivity contribution in [2.75, 3.05) is 7.11 Å². The van der Waals surface area contributed by atoms with Gasteiger partial charge in [0, 0.05) is 5.56 Å². The van der Waals surface area contributed by atoms with Crippen LogP contribution in [-0.2, 0) is 4.79 Å². The van der Waals surface area contributed by atoms with Crippen molar-refractivity contribution in [3.05, 3.63) is 23.3 Å². The van der Waals surface area contributed by atoms with Gasteiger partial charge in [-0.15, -0.1) is 0 Å². The van der Waals surface area contributed by atoms with E-state index >= 15 is 0 Å². The molecule has 0 saturated heterocycles. The number of halogens is 3. The summed E-state index contributed by atoms with van der Waals surface area (Å²) in [5.41, 5.74) is -0.562. The van der Waals surface area contributed by atoms with E-state index in [1.165, 1.54) is 19.2 Å². The van der Waals surface area contributed by atoms with Gasteiger partial charge in [0.05, 0.1) is 12.7 Å². The van der Waals surface area contributed by atoms with Crippen LogP contribution in [0.4, 0.5) is 13.2 Å². The summed E-state index contributed by atoms with van der Waals surface area (Å²) >= 11 is 0. The second-order valence-electron chi connectivity index (χ2n) is 4.09. The third-order valence-electron chi connectivity index (χ3n) is 2.70. The molecule has 1 heterocycles. The fourth-order valence-corrected chi connectivity index (χ4v) is 1.87. The second kappa shape index (κ2) is 4.77. The molecule has 0 spiro atoms. The zero-order valence-electron chi connectivity index (χ0n) is 10.2. The molecule has 1 aliphatic heterocycles. The smallest absolute Gasteiger partial charge is 0.430 e. The first-order valence-corrected chi connectivity index (χ1v) is 5.39. The molecule has 2 rings (SSSR count). The highest BCUT2D eigenvalue weighted by molar-refractivity contribution is 6.32. The third-order valence-corrected chi connectivity index (χ3v) is 2.70. The molecule has 0 aromatic heterocycles. The minimum absolute atomic E-state index is 0.00920. The summed E-state index contributed by atoms with van der Waals surface area (Å²) in [5.74, 6) is -1.89. The largest absolute Gasteiger partial charge is 0.493 e. The third kappa shape index (κ3) is 2.45. The van der Waals surface area contributed by atoms with Crippen LogP contribution in [-0.4, -0.2) is 38.3 Å². The van der Waals surface area contributed by atoms with Gasteiger partial charge in [-0.1, -0.05) is 11.5 Å². The predicted octanol–water partition coefficient (Wildman–Crippen LogP) is 1.28. The predicted molar refractivity (Wildman–Crippen MR) is 64.5 cm³/mol. The summed E-state index contributed by atoms with van der Waals surface area (Å²) < 4.78 is 48.3. The van der Waals surface area contributed by atoms with Gasteiger partial charge in [0.2, 0.25) is 6.10 Å². The first-order chi connectivity index (χ1) is 9.24. The number of fused-ring (bicyclic) bond motifs is 1. The molecule has 1 aromatic rings. The van der Waals surface area contributed by atoms with Crippen LogP contribution in [0.1, 0.15) is 5.56 Å². The Hall–Kier alpha value is -2.12. The average Bonchev–Trinajstić information content (AvgIpc) is 2.34. The maximum atomic E-state index is 12.9. The summed E-state index contributed by atoms with van der Waals surface area (Å²) in [4.78, 5) is 10.9. The van der Waals surface area contributed by atoms with Gasteiger partial charge in [0.25, 0.3) is 0 Å². The fraction of sp³-hybridized carbons (Fsp3) is 0.250. The highest BCUT2D eigenvalue weighted by atomic mass is 19.4. The quantitative estimate of drug-likeness (QED) is 0.831. The van der Waals surface area contributed by atoms with Gasteiger partial charge in [-0.05, 0) is 12.1 Å². The van der Waals surface area contributed by atoms with Gasteiger partial charge in [0.1, 0.15) is 7.85 Å². The van der Waals surface area contributed by atoms with Crippen molar-refractivity contribution in [2.24, 2.45) is 0 Å². The molecule has 8 heteroatoms. The minimum atomic E-state index is -4.85. The number of hydrogen-bond acceptors (Lipinski definition) is 3. The number of methoxy groups -OCH3 is 1. The van der Waals surface area contributed by atoms with E-state index in [2.05, 4.69) is 0 Å². The topological polar surface area (TPSA) is 55.8 Å². The van der Waals surface area contributed by atoms with Gasteiger partial charge in [-0.2, -0.15) is 13.2 Å². The Bertz CT molecular complexity index is 595. The van der Waals surface area contributed by atoms with E-state index in [1.54, 1.807) is 0 Å². The van der Waals surface area contributed by atoms with Gasteiger partial charge >= 0.3 is 12.1 Å². The molecule has 0 saturated carbocycles. The van der Waals surface area contributed by atoms with Crippen LogP contribution in [0.15, 0.2) is 17.7 Å². The molecule has 0 bridgehead atoms. The molecule has 0 fully saturated rings. The number of rotatable bonds is 2. The van der Waals surface area contributed by atoms with Crippen molar-refractivity contribution < 1.29 is 32.5 Å². The van der Waals surface area contributed by atoms with E-state index in [1.807, 2.05) is 0 Å². The zero-order chi connectivity index (χ0) is 15.1. The van der Waals surface area contributed by atoms with Crippen LogP contribution < -0.4 is 14.9 Å². The molecule has 1 aromatic carbocycles. The Kier molecular flexibility index (Phi) is 3.41. The van der Waals surface area contributed by atoms with Gasteiger partial charge < -0.3 is 14.6 Å². The first kappa shape index (κ1) is 14.3. The Morgan fingerprint density at radius 2 is 2.10 bits per heavy atom. The molecule has 0 aliphatic carbocycles. The summed E-state index contributed by atoms with van der Waals surface area (Å²) in [7, 11) is 6.81. The fourth-order valence-electron chi connectivity index (χ4n) is 1.87. The number of benzene rings is 1. The summed E-state index contributed by atoms with van der Waals surface area (Å²) in [5, 5.41) is 8.88. The number of hydrogen-bond donors (Lipinski definition) is 1. The van der Waals surface area contributed by atoms with E-state index < -0.39 is 23.8 Å². The van der Waals surface area contributed by atoms with E-state index in [0.717, 1.165) is 6.08 Å². The lowest BCUT2D eigenvalue weighted by Gasteiger charge is -2.28. The van der Waals surface area contributed by atoms with Crippen LogP contribution in [0.3, 0.4) is 0 Å². The average molecular weight is 284 g/mol. The molecule has 20 heavy (non-hydrogen) atoms. The standard InChI is InChI=1S/C12H8BF3O4/c1-19-8-4-6(13)2-5-3-7(11(17)18)10(12(14,15)16)20-9(5)8/h2-4,10H,1H3,(H,17,18). The zero-order valence-corrected chi connectivity index (χ0v) is 10.2. The molecule has 4 nitrogen and oxygen atoms in total. The second-order valence-corrected chi connectivity index (χ2v) is 4.09. The van der Waals surface area contributed by atoms with Crippen LogP contribution in [0.25, 0.3) is 6.08 Å². The SMILES string of the molecule is [B]c1cc2c(c(OC)c1)OC(C(F)(F)F)C(C(=O)O)=C2. The Morgan fingerprint density at radius 3 is 2.60 bits per heavy atom. The van der Waals surface area contributed by atoms with Crippen molar-refractivity contribution in [3.8, 4) is 11.5 Å². The van der Waals surface area contributed by atoms with Crippen LogP contribution in [0, 0.1) is 0 Å². The molecule has 0 amide bonds. The van der Waals surface area contributed by atoms with E-state index in [9.17, 15) is 18.0 Å². The van der Waals surface area contributed by atoms with E-state index in [0.29, 0.717) is 0 Å². The monoisotopic (exact) mass is 284 g/mol. The lowest BCUT2D eigenvalue weighted by Crippen LogP contribution is -2.40. The molecular formula is C12H8BF3O4. The van der Waals surface area contributed by atoms with Gasteiger partial charge in [-0.3, -0.25) is 0 Å². The number of alkyl halides is 3. The normalized spacial score (nSPS) is 17.8. The highest BCUT2D eigenvalue weighted by Gasteiger charge is 2.48. The lowest BCUT2D eigenvalue weighted by molar-refractivity contribution is -0.187. The molecule has 1 aliphatic rings. The van der Waals surface area contributed by atoms with Crippen molar-refractivity contribution >= 4 is 25.4 Å².